The van der Waals surface area contributed by atoms with Gasteiger partial charge in [0.15, 0.2) is 0 Å². The Hall–Kier alpha value is -0.710. The maximum atomic E-state index is 11.6. The fraction of sp³-hybridized carbons (Fsp3) is 0.500. The summed E-state index contributed by atoms with van der Waals surface area (Å²) in [4.78, 5) is 12.7. The van der Waals surface area contributed by atoms with Gasteiger partial charge in [-0.05, 0) is 43.7 Å². The lowest BCUT2D eigenvalue weighted by molar-refractivity contribution is -0.143. The molecule has 0 aliphatic heterocycles. The molecule has 106 valence electrons. The van der Waals surface area contributed by atoms with Crippen LogP contribution in [0.15, 0.2) is 29.2 Å². The van der Waals surface area contributed by atoms with Crippen molar-refractivity contribution in [1.29, 1.82) is 0 Å². The maximum Gasteiger partial charge on any atom is 0.322 e. The van der Waals surface area contributed by atoms with Gasteiger partial charge in [0.1, 0.15) is 6.04 Å². The average Bonchev–Trinajstić information content (AvgIpc) is 2.43. The Morgan fingerprint density at radius 2 is 2.11 bits per heavy atom. The molecule has 1 aromatic rings. The summed E-state index contributed by atoms with van der Waals surface area (Å²) in [6.45, 7) is 2.90. The van der Waals surface area contributed by atoms with Gasteiger partial charge >= 0.3 is 5.97 Å². The van der Waals surface area contributed by atoms with Crippen molar-refractivity contribution in [3.05, 3.63) is 29.3 Å². The Kier molecular flexibility index (Phi) is 7.94. The minimum absolute atomic E-state index is 0.190. The van der Waals surface area contributed by atoms with Crippen LogP contribution in [0.2, 0.25) is 5.02 Å². The molecule has 0 aromatic heterocycles. The van der Waals surface area contributed by atoms with E-state index in [1.807, 2.05) is 24.3 Å². The molecule has 1 rings (SSSR count). The van der Waals surface area contributed by atoms with Crippen LogP contribution in [0.3, 0.4) is 0 Å². The van der Waals surface area contributed by atoms with E-state index in [0.29, 0.717) is 0 Å². The topological polar surface area (TPSA) is 38.3 Å². The summed E-state index contributed by atoms with van der Waals surface area (Å²) in [6.07, 6.45) is 1.75. The van der Waals surface area contributed by atoms with Crippen molar-refractivity contribution >= 4 is 29.3 Å². The van der Waals surface area contributed by atoms with Crippen LogP contribution in [-0.4, -0.2) is 31.4 Å². The molecule has 0 aliphatic rings. The van der Waals surface area contributed by atoms with Crippen molar-refractivity contribution in [2.75, 3.05) is 19.4 Å². The van der Waals surface area contributed by atoms with Gasteiger partial charge in [-0.25, -0.2) is 0 Å². The number of methoxy groups -OCH3 is 1. The number of ether oxygens (including phenoxy) is 1. The highest BCUT2D eigenvalue weighted by Gasteiger charge is 2.17. The van der Waals surface area contributed by atoms with Crippen molar-refractivity contribution in [3.8, 4) is 0 Å². The van der Waals surface area contributed by atoms with Crippen LogP contribution in [0.5, 0.6) is 0 Å². The molecule has 0 spiro atoms. The molecular formula is C14H20ClNO2S. The lowest BCUT2D eigenvalue weighted by Crippen LogP contribution is -2.38. The Balaban J connectivity index is 2.38. The van der Waals surface area contributed by atoms with E-state index in [9.17, 15) is 4.79 Å². The first-order valence-electron chi connectivity index (χ1n) is 6.37. The molecule has 19 heavy (non-hydrogen) atoms. The minimum Gasteiger partial charge on any atom is -0.468 e. The van der Waals surface area contributed by atoms with Crippen LogP contribution in [0.25, 0.3) is 0 Å². The third-order valence-electron chi connectivity index (χ3n) is 2.62. The first kappa shape index (κ1) is 16.3. The lowest BCUT2D eigenvalue weighted by Gasteiger charge is -2.15. The molecule has 1 atom stereocenters. The van der Waals surface area contributed by atoms with Gasteiger partial charge in [0, 0.05) is 15.7 Å². The van der Waals surface area contributed by atoms with Crippen LogP contribution in [0, 0.1) is 0 Å². The molecule has 1 aromatic carbocycles. The van der Waals surface area contributed by atoms with Gasteiger partial charge < -0.3 is 10.1 Å². The fourth-order valence-corrected chi connectivity index (χ4v) is 2.63. The predicted octanol–water partition coefficient (Wildman–Crippen LogP) is 3.36. The lowest BCUT2D eigenvalue weighted by atomic mass is 10.2. The van der Waals surface area contributed by atoms with E-state index >= 15 is 0 Å². The number of hydrogen-bond donors (Lipinski definition) is 1. The van der Waals surface area contributed by atoms with Crippen molar-refractivity contribution in [3.63, 3.8) is 0 Å². The Morgan fingerprint density at radius 3 is 2.68 bits per heavy atom. The van der Waals surface area contributed by atoms with Gasteiger partial charge in [-0.2, -0.15) is 0 Å². The number of nitrogens with one attached hydrogen (secondary N) is 1. The van der Waals surface area contributed by atoms with Crippen LogP contribution in [0.1, 0.15) is 19.8 Å². The second-order valence-electron chi connectivity index (χ2n) is 4.12. The maximum absolute atomic E-state index is 11.6. The molecule has 0 saturated carbocycles. The zero-order valence-electron chi connectivity index (χ0n) is 11.3. The zero-order chi connectivity index (χ0) is 14.1. The number of esters is 1. The van der Waals surface area contributed by atoms with E-state index < -0.39 is 0 Å². The Bertz CT molecular complexity index is 384. The average molecular weight is 302 g/mol. The van der Waals surface area contributed by atoms with Crippen LogP contribution >= 0.6 is 23.4 Å². The van der Waals surface area contributed by atoms with Crippen molar-refractivity contribution in [1.82, 2.24) is 5.32 Å². The van der Waals surface area contributed by atoms with Crippen molar-refractivity contribution in [2.24, 2.45) is 0 Å². The smallest absolute Gasteiger partial charge is 0.322 e. The standard InChI is InChI=1S/C14H20ClNO2S/c1-3-9-16-13(14(17)18-2)8-10-19-12-6-4-11(15)5-7-12/h4-7,13,16H,3,8-10H2,1-2H3. The highest BCUT2D eigenvalue weighted by atomic mass is 35.5. The molecule has 0 heterocycles. The van der Waals surface area contributed by atoms with Gasteiger partial charge in [0.05, 0.1) is 7.11 Å². The highest BCUT2D eigenvalue weighted by molar-refractivity contribution is 7.99. The van der Waals surface area contributed by atoms with Gasteiger partial charge in [-0.3, -0.25) is 4.79 Å². The monoisotopic (exact) mass is 301 g/mol. The van der Waals surface area contributed by atoms with Gasteiger partial charge in [-0.15, -0.1) is 11.8 Å². The molecule has 0 amide bonds. The molecule has 0 bridgehead atoms. The van der Waals surface area contributed by atoms with E-state index in [4.69, 9.17) is 16.3 Å². The molecule has 0 aliphatic carbocycles. The summed E-state index contributed by atoms with van der Waals surface area (Å²) in [5.41, 5.74) is 0. The van der Waals surface area contributed by atoms with E-state index in [1.165, 1.54) is 7.11 Å². The van der Waals surface area contributed by atoms with Gasteiger partial charge in [0.25, 0.3) is 0 Å². The molecule has 0 saturated heterocycles. The van der Waals surface area contributed by atoms with Crippen LogP contribution in [0.4, 0.5) is 0 Å². The number of hydrogen-bond acceptors (Lipinski definition) is 4. The van der Waals surface area contributed by atoms with E-state index in [0.717, 1.165) is 35.1 Å². The quantitative estimate of drug-likeness (QED) is 0.590. The highest BCUT2D eigenvalue weighted by Crippen LogP contribution is 2.21. The Morgan fingerprint density at radius 1 is 1.42 bits per heavy atom. The van der Waals surface area contributed by atoms with Crippen molar-refractivity contribution in [2.45, 2.75) is 30.7 Å². The second-order valence-corrected chi connectivity index (χ2v) is 5.73. The summed E-state index contributed by atoms with van der Waals surface area (Å²) in [5, 5.41) is 3.94. The second kappa shape index (κ2) is 9.23. The summed E-state index contributed by atoms with van der Waals surface area (Å²) in [6, 6.07) is 7.50. The van der Waals surface area contributed by atoms with Crippen LogP contribution in [-0.2, 0) is 9.53 Å². The fourth-order valence-electron chi connectivity index (χ4n) is 1.59. The third-order valence-corrected chi connectivity index (χ3v) is 3.91. The first-order valence-corrected chi connectivity index (χ1v) is 7.73. The number of carbonyl (C=O) groups is 1. The summed E-state index contributed by atoms with van der Waals surface area (Å²) < 4.78 is 4.80. The number of rotatable bonds is 8. The summed E-state index contributed by atoms with van der Waals surface area (Å²) in [5.74, 6) is 0.670. The van der Waals surface area contributed by atoms with Gasteiger partial charge in [-0.1, -0.05) is 18.5 Å². The molecule has 5 heteroatoms. The van der Waals surface area contributed by atoms with E-state index in [-0.39, 0.29) is 12.0 Å². The van der Waals surface area contributed by atoms with Gasteiger partial charge in [0.2, 0.25) is 0 Å². The molecule has 0 radical (unpaired) electrons. The molecule has 3 nitrogen and oxygen atoms in total. The summed E-state index contributed by atoms with van der Waals surface area (Å²) in [7, 11) is 1.43. The normalized spacial score (nSPS) is 12.2. The van der Waals surface area contributed by atoms with E-state index in [1.54, 1.807) is 11.8 Å². The number of carbonyl (C=O) groups excluding carboxylic acids is 1. The molecular weight excluding hydrogens is 282 g/mol. The first-order chi connectivity index (χ1) is 9.17. The number of thioether (sulfide) groups is 1. The van der Waals surface area contributed by atoms with E-state index in [2.05, 4.69) is 12.2 Å². The predicted molar refractivity (Wildman–Crippen MR) is 80.9 cm³/mol. The van der Waals surface area contributed by atoms with Crippen molar-refractivity contribution < 1.29 is 9.53 Å². The largest absolute Gasteiger partial charge is 0.468 e. The summed E-state index contributed by atoms with van der Waals surface area (Å²) >= 11 is 7.55. The van der Waals surface area contributed by atoms with Crippen LogP contribution < -0.4 is 5.32 Å². The zero-order valence-corrected chi connectivity index (χ0v) is 12.9. The number of halogens is 1. The molecule has 1 unspecified atom stereocenters. The minimum atomic E-state index is -0.218. The SMILES string of the molecule is CCCNC(CCSc1ccc(Cl)cc1)C(=O)OC. The Labute approximate surface area is 124 Å². The molecule has 0 fully saturated rings. The number of benzene rings is 1. The third kappa shape index (κ3) is 6.32. The molecule has 1 N–H and O–H groups in total.